The smallest absolute Gasteiger partial charge is 0.348 e. The highest BCUT2D eigenvalue weighted by molar-refractivity contribution is 5.79. The standard InChI is InChI=1S/C17H14O7/c1-8-5-12-14(16(18)23-8)13(15(24-12)17(19)20-2)9-3-4-10-11(6-9)22-7-21-10/h3-6,13,15H,7H2,1-2H3/t13-,15+/m0/s1. The van der Waals surface area contributed by atoms with Crippen molar-refractivity contribution in [2.75, 3.05) is 13.9 Å². The number of esters is 1. The molecule has 0 saturated heterocycles. The van der Waals surface area contributed by atoms with E-state index in [1.54, 1.807) is 31.2 Å². The molecule has 4 rings (SSSR count). The van der Waals surface area contributed by atoms with Gasteiger partial charge in [0.1, 0.15) is 11.5 Å². The maximum Gasteiger partial charge on any atom is 0.348 e. The molecule has 2 aliphatic rings. The van der Waals surface area contributed by atoms with Gasteiger partial charge in [0.15, 0.2) is 11.5 Å². The van der Waals surface area contributed by atoms with Gasteiger partial charge in [-0.3, -0.25) is 0 Å². The van der Waals surface area contributed by atoms with Crippen molar-refractivity contribution in [2.24, 2.45) is 0 Å². The van der Waals surface area contributed by atoms with Crippen molar-refractivity contribution in [1.82, 2.24) is 0 Å². The second kappa shape index (κ2) is 5.30. The van der Waals surface area contributed by atoms with Crippen LogP contribution < -0.4 is 19.8 Å². The first-order valence-corrected chi connectivity index (χ1v) is 7.37. The summed E-state index contributed by atoms with van der Waals surface area (Å²) in [5.74, 6) is 0.713. The van der Waals surface area contributed by atoms with E-state index in [1.165, 1.54) is 7.11 Å². The number of fused-ring (bicyclic) bond motifs is 2. The summed E-state index contributed by atoms with van der Waals surface area (Å²) in [6.45, 7) is 1.78. The van der Waals surface area contributed by atoms with E-state index < -0.39 is 23.6 Å². The van der Waals surface area contributed by atoms with Crippen molar-refractivity contribution < 1.29 is 28.2 Å². The number of hydrogen-bond acceptors (Lipinski definition) is 7. The van der Waals surface area contributed by atoms with E-state index in [2.05, 4.69) is 0 Å². The first kappa shape index (κ1) is 14.6. The van der Waals surface area contributed by atoms with Crippen LogP contribution in [0.1, 0.15) is 22.8 Å². The molecule has 0 fully saturated rings. The zero-order valence-corrected chi connectivity index (χ0v) is 13.0. The summed E-state index contributed by atoms with van der Waals surface area (Å²) in [7, 11) is 1.28. The van der Waals surface area contributed by atoms with Crippen molar-refractivity contribution in [3.63, 3.8) is 0 Å². The topological polar surface area (TPSA) is 84.2 Å². The number of carbonyl (C=O) groups is 1. The molecule has 1 aromatic carbocycles. The first-order valence-electron chi connectivity index (χ1n) is 7.37. The van der Waals surface area contributed by atoms with Gasteiger partial charge in [0.25, 0.3) is 0 Å². The van der Waals surface area contributed by atoms with Gasteiger partial charge in [-0.25, -0.2) is 9.59 Å². The molecule has 0 saturated carbocycles. The molecule has 3 heterocycles. The number of rotatable bonds is 2. The molecule has 7 heteroatoms. The van der Waals surface area contributed by atoms with Crippen LogP contribution in [-0.4, -0.2) is 26.0 Å². The van der Waals surface area contributed by atoms with Crippen molar-refractivity contribution in [3.8, 4) is 17.2 Å². The van der Waals surface area contributed by atoms with Gasteiger partial charge in [-0.2, -0.15) is 0 Å². The van der Waals surface area contributed by atoms with Crippen molar-refractivity contribution in [1.29, 1.82) is 0 Å². The zero-order valence-electron chi connectivity index (χ0n) is 13.0. The van der Waals surface area contributed by atoms with Crippen LogP contribution in [0.15, 0.2) is 33.5 Å². The molecule has 0 unspecified atom stereocenters. The molecule has 24 heavy (non-hydrogen) atoms. The Hall–Kier alpha value is -2.96. The fourth-order valence-electron chi connectivity index (χ4n) is 3.08. The quantitative estimate of drug-likeness (QED) is 0.775. The number of benzene rings is 1. The van der Waals surface area contributed by atoms with Gasteiger partial charge in [-0.05, 0) is 24.6 Å². The molecule has 124 valence electrons. The van der Waals surface area contributed by atoms with E-state index >= 15 is 0 Å². The van der Waals surface area contributed by atoms with Crippen molar-refractivity contribution in [2.45, 2.75) is 18.9 Å². The average molecular weight is 330 g/mol. The molecule has 0 bridgehead atoms. The fourth-order valence-corrected chi connectivity index (χ4v) is 3.08. The zero-order chi connectivity index (χ0) is 16.8. The van der Waals surface area contributed by atoms with Gasteiger partial charge >= 0.3 is 11.6 Å². The van der Waals surface area contributed by atoms with Gasteiger partial charge in [-0.15, -0.1) is 0 Å². The maximum atomic E-state index is 12.4. The Kier molecular flexibility index (Phi) is 3.23. The normalized spacial score (nSPS) is 20.4. The predicted molar refractivity (Wildman–Crippen MR) is 80.6 cm³/mol. The molecule has 0 radical (unpaired) electrons. The van der Waals surface area contributed by atoms with Crippen LogP contribution in [0, 0.1) is 6.92 Å². The summed E-state index contributed by atoms with van der Waals surface area (Å²) in [5.41, 5.74) is 0.457. The Balaban J connectivity index is 1.87. The second-order valence-electron chi connectivity index (χ2n) is 5.57. The minimum absolute atomic E-state index is 0.137. The van der Waals surface area contributed by atoms with Crippen molar-refractivity contribution >= 4 is 5.97 Å². The number of aryl methyl sites for hydroxylation is 1. The number of ether oxygens (including phenoxy) is 4. The number of methoxy groups -OCH3 is 1. The summed E-state index contributed by atoms with van der Waals surface area (Å²) < 4.78 is 26.4. The molecule has 2 aliphatic heterocycles. The Labute approximate surface area is 136 Å². The van der Waals surface area contributed by atoms with Crippen LogP contribution in [0.25, 0.3) is 0 Å². The highest BCUT2D eigenvalue weighted by Gasteiger charge is 2.44. The monoisotopic (exact) mass is 330 g/mol. The Bertz CT molecular complexity index is 883. The number of carbonyl (C=O) groups excluding carboxylic acids is 1. The maximum absolute atomic E-state index is 12.4. The summed E-state index contributed by atoms with van der Waals surface area (Å²) >= 11 is 0. The average Bonchev–Trinajstić information content (AvgIpc) is 3.17. The SMILES string of the molecule is COC(=O)[C@@H]1Oc2cc(C)oc(=O)c2[C@@H]1c1ccc2c(c1)OCO2. The largest absolute Gasteiger partial charge is 0.477 e. The van der Waals surface area contributed by atoms with Crippen LogP contribution in [0.4, 0.5) is 0 Å². The lowest BCUT2D eigenvalue weighted by Gasteiger charge is -2.17. The summed E-state index contributed by atoms with van der Waals surface area (Å²) in [6.07, 6.45) is -0.963. The summed E-state index contributed by atoms with van der Waals surface area (Å²) in [4.78, 5) is 24.5. The lowest BCUT2D eigenvalue weighted by Crippen LogP contribution is -2.31. The molecule has 0 amide bonds. The Morgan fingerprint density at radius 2 is 1.96 bits per heavy atom. The lowest BCUT2D eigenvalue weighted by atomic mass is 9.88. The third-order valence-electron chi connectivity index (χ3n) is 4.13. The molecule has 2 atom stereocenters. The van der Waals surface area contributed by atoms with Gasteiger partial charge < -0.3 is 23.4 Å². The van der Waals surface area contributed by atoms with Gasteiger partial charge in [0.2, 0.25) is 12.9 Å². The second-order valence-corrected chi connectivity index (χ2v) is 5.57. The van der Waals surface area contributed by atoms with Crippen LogP contribution in [0.2, 0.25) is 0 Å². The van der Waals surface area contributed by atoms with E-state index in [4.69, 9.17) is 23.4 Å². The molecule has 0 N–H and O–H groups in total. The van der Waals surface area contributed by atoms with E-state index in [1.807, 2.05) is 0 Å². The molecule has 1 aromatic heterocycles. The Morgan fingerprint density at radius 3 is 2.75 bits per heavy atom. The van der Waals surface area contributed by atoms with E-state index in [-0.39, 0.29) is 6.79 Å². The minimum Gasteiger partial charge on any atom is -0.477 e. The van der Waals surface area contributed by atoms with Crippen LogP contribution in [0.3, 0.4) is 0 Å². The molecular formula is C17H14O7. The Morgan fingerprint density at radius 1 is 1.17 bits per heavy atom. The number of hydrogen-bond donors (Lipinski definition) is 0. The highest BCUT2D eigenvalue weighted by atomic mass is 16.7. The molecular weight excluding hydrogens is 316 g/mol. The van der Waals surface area contributed by atoms with Crippen LogP contribution in [0.5, 0.6) is 17.2 Å². The minimum atomic E-state index is -0.963. The van der Waals surface area contributed by atoms with Crippen LogP contribution in [-0.2, 0) is 9.53 Å². The fraction of sp³-hybridized carbons (Fsp3) is 0.294. The summed E-state index contributed by atoms with van der Waals surface area (Å²) in [6, 6.07) is 6.84. The van der Waals surface area contributed by atoms with Crippen LogP contribution >= 0.6 is 0 Å². The third-order valence-corrected chi connectivity index (χ3v) is 4.13. The van der Waals surface area contributed by atoms with Crippen molar-refractivity contribution in [3.05, 3.63) is 51.6 Å². The molecule has 2 aromatic rings. The van der Waals surface area contributed by atoms with Gasteiger partial charge in [0, 0.05) is 6.07 Å². The van der Waals surface area contributed by atoms with Gasteiger partial charge in [-0.1, -0.05) is 6.07 Å². The molecule has 7 nitrogen and oxygen atoms in total. The molecule has 0 spiro atoms. The predicted octanol–water partition coefficient (Wildman–Crippen LogP) is 1.74. The van der Waals surface area contributed by atoms with E-state index in [0.29, 0.717) is 34.1 Å². The van der Waals surface area contributed by atoms with E-state index in [9.17, 15) is 9.59 Å². The lowest BCUT2D eigenvalue weighted by molar-refractivity contribution is -0.148. The highest BCUT2D eigenvalue weighted by Crippen LogP contribution is 2.44. The molecule has 0 aliphatic carbocycles. The van der Waals surface area contributed by atoms with E-state index in [0.717, 1.165) is 0 Å². The van der Waals surface area contributed by atoms with Gasteiger partial charge in [0.05, 0.1) is 18.6 Å². The first-order chi connectivity index (χ1) is 11.6. The third kappa shape index (κ3) is 2.12. The summed E-state index contributed by atoms with van der Waals surface area (Å²) in [5, 5.41) is 0.